The maximum absolute atomic E-state index is 15.5. The van der Waals surface area contributed by atoms with Crippen molar-refractivity contribution in [2.75, 3.05) is 18.1 Å². The fraction of sp³-hybridized carbons (Fsp3) is 0.359. The summed E-state index contributed by atoms with van der Waals surface area (Å²) in [4.78, 5) is 19.9. The first-order valence-electron chi connectivity index (χ1n) is 16.6. The molecule has 2 bridgehead atoms. The average molecular weight is 685 g/mol. The van der Waals surface area contributed by atoms with Crippen LogP contribution in [-0.2, 0) is 22.4 Å². The molecule has 0 spiro atoms. The Bertz CT molecular complexity index is 1910. The Balaban J connectivity index is 1.53. The third-order valence-corrected chi connectivity index (χ3v) is 10.2. The molecule has 10 heteroatoms. The van der Waals surface area contributed by atoms with Crippen LogP contribution < -0.4 is 10.5 Å². The van der Waals surface area contributed by atoms with Crippen molar-refractivity contribution >= 4 is 40.5 Å². The number of nitrogens with zero attached hydrogens (tertiary/aromatic N) is 2. The lowest BCUT2D eigenvalue weighted by Gasteiger charge is -2.25. The number of aromatic nitrogens is 1. The van der Waals surface area contributed by atoms with E-state index in [4.69, 9.17) is 20.2 Å². The van der Waals surface area contributed by atoms with Gasteiger partial charge in [0.1, 0.15) is 17.6 Å². The molecule has 1 unspecified atom stereocenters. The number of hydrogen-bond acceptors (Lipinski definition) is 7. The number of halogens is 2. The van der Waals surface area contributed by atoms with E-state index >= 15 is 8.78 Å². The molecule has 1 aliphatic heterocycles. The molecular weight excluding hydrogens is 643 g/mol. The highest BCUT2D eigenvalue weighted by Crippen LogP contribution is 2.38. The second-order valence-electron chi connectivity index (χ2n) is 13.0. The van der Waals surface area contributed by atoms with Crippen molar-refractivity contribution in [2.24, 2.45) is 16.1 Å². The number of fused-ring (bicyclic) bond motifs is 5. The van der Waals surface area contributed by atoms with Crippen LogP contribution in [0.4, 0.5) is 8.78 Å². The smallest absolute Gasteiger partial charge is 0.306 e. The van der Waals surface area contributed by atoms with Gasteiger partial charge in [0, 0.05) is 46.9 Å². The number of allylic oxidation sites excluding steroid dienone is 1. The summed E-state index contributed by atoms with van der Waals surface area (Å²) in [7, 11) is 0. The first kappa shape index (κ1) is 35.7. The molecule has 0 fully saturated rings. The number of carbonyl (C=O) groups excluding carboxylic acids is 1. The van der Waals surface area contributed by atoms with Crippen LogP contribution in [0.2, 0.25) is 0 Å². The van der Waals surface area contributed by atoms with Crippen molar-refractivity contribution in [3.05, 3.63) is 100 Å². The first-order chi connectivity index (χ1) is 23.6. The summed E-state index contributed by atoms with van der Waals surface area (Å²) in [5.41, 5.74) is 9.64. The lowest BCUT2D eigenvalue weighted by Crippen LogP contribution is -2.16. The summed E-state index contributed by atoms with van der Waals surface area (Å²) < 4.78 is 42.0. The molecule has 3 aromatic carbocycles. The van der Waals surface area contributed by atoms with E-state index in [2.05, 4.69) is 24.9 Å². The predicted octanol–water partition coefficient (Wildman–Crippen LogP) is 9.23. The lowest BCUT2D eigenvalue weighted by molar-refractivity contribution is -0.143. The van der Waals surface area contributed by atoms with Crippen molar-refractivity contribution in [1.29, 1.82) is 5.26 Å². The number of benzene rings is 3. The predicted molar refractivity (Wildman–Crippen MR) is 193 cm³/mol. The number of nitrogens with one attached hydrogen (secondary N) is 1. The lowest BCUT2D eigenvalue weighted by atomic mass is 9.87. The minimum Gasteiger partial charge on any atom is -0.466 e. The van der Waals surface area contributed by atoms with E-state index in [1.165, 1.54) is 30.5 Å². The minimum atomic E-state index is -0.650. The number of nitriles is 1. The van der Waals surface area contributed by atoms with E-state index in [-0.39, 0.29) is 52.2 Å². The number of hydrogen-bond donors (Lipinski definition) is 2. The molecule has 0 radical (unpaired) electrons. The molecule has 4 aromatic rings. The summed E-state index contributed by atoms with van der Waals surface area (Å²) in [5, 5.41) is 11.0. The average Bonchev–Trinajstić information content (AvgIpc) is 3.55. The molecule has 49 heavy (non-hydrogen) atoms. The number of H-pyrrole nitrogens is 1. The van der Waals surface area contributed by atoms with Crippen LogP contribution in [0.1, 0.15) is 74.8 Å². The van der Waals surface area contributed by atoms with Crippen LogP contribution in [0.3, 0.4) is 0 Å². The Labute approximate surface area is 290 Å². The van der Waals surface area contributed by atoms with Gasteiger partial charge in [0.15, 0.2) is 11.6 Å². The topological polar surface area (TPSA) is 113 Å². The molecule has 0 aliphatic carbocycles. The van der Waals surface area contributed by atoms with E-state index in [0.29, 0.717) is 31.4 Å². The number of nitrogens with two attached hydrogens (primary N) is 1. The molecule has 0 saturated heterocycles. The fourth-order valence-corrected chi connectivity index (χ4v) is 7.26. The van der Waals surface area contributed by atoms with Crippen molar-refractivity contribution in [1.82, 2.24) is 4.98 Å². The van der Waals surface area contributed by atoms with E-state index in [1.54, 1.807) is 13.1 Å². The molecule has 7 nitrogen and oxygen atoms in total. The molecule has 1 aliphatic rings. The number of aliphatic imine (C=N–C) groups is 1. The van der Waals surface area contributed by atoms with E-state index in [0.717, 1.165) is 46.4 Å². The van der Waals surface area contributed by atoms with Crippen molar-refractivity contribution in [2.45, 2.75) is 65.3 Å². The van der Waals surface area contributed by atoms with Crippen molar-refractivity contribution in [3.63, 3.8) is 0 Å². The molecule has 5 rings (SSSR count). The standard InChI is InChI=1S/C39H42F2N4O3S/c1-4-47-36(46)13-10-25-7-5-8-26(19-25)34-9-6-16-39(2,3)24-49-18-15-30-29-14-17-44-35(29)21-33(41)38(30)48-28-11-12-32(40)31(20-28)37(43)27(22-42)23-45-34/h5,7-8,11-12,14,17,19-21,23,34,44H,4,6,9-10,13,15-16,18,24,43H2,1-3H3. The van der Waals surface area contributed by atoms with Gasteiger partial charge >= 0.3 is 5.97 Å². The third-order valence-electron chi connectivity index (χ3n) is 8.69. The molecular formula is C39H42F2N4O3S. The number of aryl methyl sites for hydroxylation is 2. The van der Waals surface area contributed by atoms with Gasteiger partial charge in [-0.15, -0.1) is 0 Å². The molecule has 3 N–H and O–H groups in total. The second-order valence-corrected chi connectivity index (χ2v) is 14.1. The van der Waals surface area contributed by atoms with Gasteiger partial charge in [0.2, 0.25) is 0 Å². The van der Waals surface area contributed by atoms with Crippen molar-refractivity contribution in [3.8, 4) is 17.6 Å². The highest BCUT2D eigenvalue weighted by atomic mass is 32.2. The monoisotopic (exact) mass is 684 g/mol. The van der Waals surface area contributed by atoms with Gasteiger partial charge in [-0.2, -0.15) is 17.0 Å². The Morgan fingerprint density at radius 2 is 2.02 bits per heavy atom. The SMILES string of the molecule is CCOC(=O)CCc1cccc(C2CCCC(C)(C)CSCCc3c(c(F)cc4[nH]ccc34)Oc3ccc(F)c(c3)C(N)=C(C#N)C=N2)c1. The Morgan fingerprint density at radius 1 is 1.18 bits per heavy atom. The molecule has 1 aromatic heterocycles. The number of rotatable bonds is 5. The van der Waals surface area contributed by atoms with Crippen LogP contribution in [0.25, 0.3) is 16.6 Å². The Hall–Kier alpha value is -4.62. The summed E-state index contributed by atoms with van der Waals surface area (Å²) in [6, 6.07) is 17.0. The molecule has 2 heterocycles. The number of carbonyl (C=O) groups is 1. The molecule has 256 valence electrons. The van der Waals surface area contributed by atoms with E-state index < -0.39 is 11.6 Å². The highest BCUT2D eigenvalue weighted by molar-refractivity contribution is 7.99. The van der Waals surface area contributed by atoms with Gasteiger partial charge in [0.25, 0.3) is 0 Å². The molecule has 0 amide bonds. The summed E-state index contributed by atoms with van der Waals surface area (Å²) >= 11 is 1.82. The van der Waals surface area contributed by atoms with Crippen molar-refractivity contribution < 1.29 is 23.0 Å². The van der Waals surface area contributed by atoms with Crippen LogP contribution in [0, 0.1) is 28.4 Å². The zero-order valence-corrected chi connectivity index (χ0v) is 29.0. The molecule has 1 atom stereocenters. The van der Waals surface area contributed by atoms with Gasteiger partial charge < -0.3 is 20.2 Å². The van der Waals surface area contributed by atoms with E-state index in [1.807, 2.05) is 42.1 Å². The van der Waals surface area contributed by atoms with Crippen LogP contribution in [-0.4, -0.2) is 35.3 Å². The van der Waals surface area contributed by atoms with Gasteiger partial charge in [-0.25, -0.2) is 8.78 Å². The van der Waals surface area contributed by atoms with E-state index in [9.17, 15) is 10.1 Å². The van der Waals surface area contributed by atoms with Crippen LogP contribution in [0.15, 0.2) is 71.4 Å². The summed E-state index contributed by atoms with van der Waals surface area (Å²) in [6.45, 7) is 6.62. The number of aromatic amines is 1. The minimum absolute atomic E-state index is 0.00484. The highest BCUT2D eigenvalue weighted by Gasteiger charge is 2.22. The van der Waals surface area contributed by atoms with Crippen LogP contribution >= 0.6 is 11.8 Å². The Morgan fingerprint density at radius 3 is 2.82 bits per heavy atom. The number of esters is 1. The van der Waals surface area contributed by atoms with Gasteiger partial charge in [-0.3, -0.25) is 9.79 Å². The fourth-order valence-electron chi connectivity index (χ4n) is 6.07. The number of thioether (sulfide) groups is 1. The second kappa shape index (κ2) is 16.2. The van der Waals surface area contributed by atoms with Gasteiger partial charge in [-0.1, -0.05) is 44.5 Å². The first-order valence-corrected chi connectivity index (χ1v) is 17.8. The summed E-state index contributed by atoms with van der Waals surface area (Å²) in [6.07, 6.45) is 7.07. The maximum Gasteiger partial charge on any atom is 0.306 e. The zero-order chi connectivity index (χ0) is 35.0. The Kier molecular flexibility index (Phi) is 11.8. The number of ether oxygens (including phenoxy) is 2. The quantitative estimate of drug-likeness (QED) is 0.203. The van der Waals surface area contributed by atoms with Crippen LogP contribution in [0.5, 0.6) is 11.5 Å². The largest absolute Gasteiger partial charge is 0.466 e. The summed E-state index contributed by atoms with van der Waals surface area (Å²) in [5.74, 6) is 0.508. The maximum atomic E-state index is 15.5. The van der Waals surface area contributed by atoms with Gasteiger partial charge in [-0.05, 0) is 84.9 Å². The van der Waals surface area contributed by atoms with Gasteiger partial charge in [0.05, 0.1) is 23.9 Å². The zero-order valence-electron chi connectivity index (χ0n) is 28.2. The third kappa shape index (κ3) is 9.09. The molecule has 0 saturated carbocycles. The normalized spacial score (nSPS) is 17.3.